The van der Waals surface area contributed by atoms with Crippen molar-refractivity contribution in [1.82, 2.24) is 15.2 Å². The van der Waals surface area contributed by atoms with Gasteiger partial charge in [-0.2, -0.15) is 0 Å². The second-order valence-corrected chi connectivity index (χ2v) is 11.3. The smallest absolute Gasteiger partial charge is 0.356 e. The Morgan fingerprint density at radius 2 is 1.81 bits per heavy atom. The van der Waals surface area contributed by atoms with Crippen LogP contribution >= 0.6 is 23.1 Å². The van der Waals surface area contributed by atoms with Crippen LogP contribution in [0.2, 0.25) is 0 Å². The number of ether oxygens (including phenoxy) is 2. The van der Waals surface area contributed by atoms with Crippen LogP contribution in [-0.2, 0) is 28.7 Å². The third-order valence-electron chi connectivity index (χ3n) is 6.54. The fraction of sp³-hybridized carbons (Fsp3) is 0.276. The van der Waals surface area contributed by atoms with Gasteiger partial charge in [0.1, 0.15) is 29.4 Å². The minimum Gasteiger partial charge on any atom is -0.448 e. The Morgan fingerprint density at radius 1 is 1.14 bits per heavy atom. The summed E-state index contributed by atoms with van der Waals surface area (Å²) in [6, 6.07) is 17.9. The van der Waals surface area contributed by atoms with Crippen LogP contribution < -0.4 is 11.1 Å². The minimum atomic E-state index is -0.906. The lowest BCUT2D eigenvalue weighted by molar-refractivity contribution is -0.154. The number of fused-ring (bicyclic) bond motifs is 1. The van der Waals surface area contributed by atoms with Crippen molar-refractivity contribution < 1.29 is 28.7 Å². The molecule has 13 heteroatoms. The van der Waals surface area contributed by atoms with Crippen molar-refractivity contribution in [1.29, 1.82) is 0 Å². The Bertz CT molecular complexity index is 1470. The zero-order valence-corrected chi connectivity index (χ0v) is 24.5. The Balaban J connectivity index is 1.39. The van der Waals surface area contributed by atoms with Gasteiger partial charge in [-0.25, -0.2) is 9.78 Å². The van der Waals surface area contributed by atoms with Gasteiger partial charge in [-0.05, 0) is 23.6 Å². The van der Waals surface area contributed by atoms with Crippen LogP contribution in [0.25, 0.3) is 0 Å². The number of hydrogen-bond acceptors (Lipinski definition) is 11. The molecular formula is C29H29N5O6S2. The van der Waals surface area contributed by atoms with Gasteiger partial charge in [-0.15, -0.1) is 23.1 Å². The molecule has 11 nitrogen and oxygen atoms in total. The van der Waals surface area contributed by atoms with Crippen molar-refractivity contribution in [3.8, 4) is 0 Å². The predicted octanol–water partition coefficient (Wildman–Crippen LogP) is 3.10. The molecular weight excluding hydrogens is 578 g/mol. The van der Waals surface area contributed by atoms with Crippen LogP contribution in [0.3, 0.4) is 0 Å². The highest BCUT2D eigenvalue weighted by molar-refractivity contribution is 8.00. The number of hydrogen-bond donors (Lipinski definition) is 2. The van der Waals surface area contributed by atoms with E-state index in [0.717, 1.165) is 22.5 Å². The maximum Gasteiger partial charge on any atom is 0.356 e. The summed E-state index contributed by atoms with van der Waals surface area (Å²) in [4.78, 5) is 51.2. The number of benzene rings is 2. The van der Waals surface area contributed by atoms with E-state index in [0.29, 0.717) is 11.3 Å². The lowest BCUT2D eigenvalue weighted by Crippen LogP contribution is -2.71. The first kappa shape index (κ1) is 29.3. The lowest BCUT2D eigenvalue weighted by atomic mass is 10.0. The number of carbonyl (C=O) groups is 3. The molecule has 3 N–H and O–H groups in total. The number of nitrogens with zero attached hydrogens (tertiary/aromatic N) is 3. The molecule has 2 amide bonds. The number of thioether (sulfide) groups is 1. The number of nitrogen functional groups attached to an aromatic ring is 1. The van der Waals surface area contributed by atoms with Crippen molar-refractivity contribution >= 4 is 51.7 Å². The molecule has 0 bridgehead atoms. The minimum absolute atomic E-state index is 0.0966. The van der Waals surface area contributed by atoms with Crippen molar-refractivity contribution in [2.45, 2.75) is 24.4 Å². The molecule has 0 aliphatic carbocycles. The molecule has 1 aromatic heterocycles. The number of esters is 1. The largest absolute Gasteiger partial charge is 0.448 e. The van der Waals surface area contributed by atoms with Crippen LogP contribution in [0.15, 0.2) is 82.5 Å². The summed E-state index contributed by atoms with van der Waals surface area (Å²) in [7, 11) is 1.52. The molecule has 1 saturated heterocycles. The number of carbonyl (C=O) groups excluding carboxylic acids is 3. The van der Waals surface area contributed by atoms with Gasteiger partial charge >= 0.3 is 5.97 Å². The standard InChI is InChI=1S/C29H29N5O6S2/c1-3-39-33-21(20-16-42-29(30)31-20)25(35)32-22-26(36)34-23(19(14-38-2)15-41-27(22)34)28(37)40-24(17-10-6-4-7-11-17)18-12-8-5-9-13-18/h4-13,16,22,24,27H,3,14-15H2,1-2H3,(H2,30,31)(H,32,35)/b33-21+/t22?,27-/m1/s1. The highest BCUT2D eigenvalue weighted by Crippen LogP contribution is 2.41. The molecule has 42 heavy (non-hydrogen) atoms. The van der Waals surface area contributed by atoms with Crippen molar-refractivity contribution in [3.05, 3.63) is 94.1 Å². The molecule has 1 unspecified atom stereocenters. The molecule has 2 aliphatic rings. The first-order valence-electron chi connectivity index (χ1n) is 13.1. The molecule has 0 radical (unpaired) electrons. The molecule has 1 fully saturated rings. The summed E-state index contributed by atoms with van der Waals surface area (Å²) in [6.07, 6.45) is -0.695. The van der Waals surface area contributed by atoms with E-state index in [2.05, 4.69) is 15.5 Å². The Morgan fingerprint density at radius 3 is 2.38 bits per heavy atom. The predicted molar refractivity (Wildman–Crippen MR) is 159 cm³/mol. The first-order valence-corrected chi connectivity index (χ1v) is 15.0. The van der Waals surface area contributed by atoms with Gasteiger partial charge in [0.25, 0.3) is 11.8 Å². The van der Waals surface area contributed by atoms with Crippen LogP contribution in [0.1, 0.15) is 29.8 Å². The highest BCUT2D eigenvalue weighted by Gasteiger charge is 2.55. The van der Waals surface area contributed by atoms with Crippen LogP contribution in [0.4, 0.5) is 5.13 Å². The third kappa shape index (κ3) is 6.03. The van der Waals surface area contributed by atoms with E-state index in [-0.39, 0.29) is 35.4 Å². The van der Waals surface area contributed by atoms with Crippen molar-refractivity contribution in [3.63, 3.8) is 0 Å². The number of β-lactam (4-membered cyclic amide) rings is 1. The number of methoxy groups -OCH3 is 1. The van der Waals surface area contributed by atoms with E-state index in [9.17, 15) is 14.4 Å². The van der Waals surface area contributed by atoms with E-state index >= 15 is 0 Å². The average molecular weight is 608 g/mol. The normalized spacial score (nSPS) is 18.4. The number of anilines is 1. The summed E-state index contributed by atoms with van der Waals surface area (Å²) >= 11 is 2.57. The summed E-state index contributed by atoms with van der Waals surface area (Å²) in [5, 5.41) is 7.94. The number of amides is 2. The van der Waals surface area contributed by atoms with Gasteiger partial charge < -0.3 is 25.4 Å². The number of oxime groups is 1. The summed E-state index contributed by atoms with van der Waals surface area (Å²) < 4.78 is 11.5. The highest BCUT2D eigenvalue weighted by atomic mass is 32.2. The monoisotopic (exact) mass is 607 g/mol. The number of aromatic nitrogens is 1. The summed E-state index contributed by atoms with van der Waals surface area (Å²) in [5.41, 5.74) is 8.21. The molecule has 3 heterocycles. The Hall–Kier alpha value is -4.20. The van der Waals surface area contributed by atoms with E-state index in [1.807, 2.05) is 60.7 Å². The van der Waals surface area contributed by atoms with Gasteiger partial charge in [0, 0.05) is 18.2 Å². The average Bonchev–Trinajstić information content (AvgIpc) is 3.45. The first-order chi connectivity index (χ1) is 20.4. The number of nitrogens with one attached hydrogen (secondary N) is 1. The van der Waals surface area contributed by atoms with Crippen LogP contribution in [0, 0.1) is 0 Å². The van der Waals surface area contributed by atoms with E-state index in [4.69, 9.17) is 20.0 Å². The van der Waals surface area contributed by atoms with Crippen molar-refractivity contribution in [2.75, 3.05) is 31.8 Å². The van der Waals surface area contributed by atoms with Gasteiger partial charge in [0.15, 0.2) is 16.9 Å². The molecule has 2 aliphatic heterocycles. The van der Waals surface area contributed by atoms with Crippen LogP contribution in [-0.4, -0.2) is 70.9 Å². The third-order valence-corrected chi connectivity index (χ3v) is 8.55. The SMILES string of the molecule is CCO/N=C(/C(=O)NC1C(=O)N2C(C(=O)OC(c3ccccc3)c3ccccc3)=C(COC)CS[C@H]12)c1csc(N)n1. The molecule has 2 atom stereocenters. The number of rotatable bonds is 11. The molecule has 218 valence electrons. The lowest BCUT2D eigenvalue weighted by Gasteiger charge is -2.49. The second-order valence-electron chi connectivity index (χ2n) is 9.28. The fourth-order valence-corrected chi connectivity index (χ4v) is 6.52. The maximum absolute atomic E-state index is 13.8. The molecule has 0 saturated carbocycles. The van der Waals surface area contributed by atoms with Crippen LogP contribution in [0.5, 0.6) is 0 Å². The second kappa shape index (κ2) is 13.2. The zero-order valence-electron chi connectivity index (χ0n) is 22.9. The van der Waals surface area contributed by atoms with Gasteiger partial charge in [-0.1, -0.05) is 65.8 Å². The molecule has 2 aromatic carbocycles. The fourth-order valence-electron chi connectivity index (χ4n) is 4.64. The van der Waals surface area contributed by atoms with Crippen molar-refractivity contribution in [2.24, 2.45) is 5.16 Å². The van der Waals surface area contributed by atoms with E-state index in [1.165, 1.54) is 23.8 Å². The molecule has 0 spiro atoms. The zero-order chi connectivity index (χ0) is 29.6. The van der Waals surface area contributed by atoms with Gasteiger partial charge in [0.05, 0.1) is 6.61 Å². The topological polar surface area (TPSA) is 145 Å². The molecule has 5 rings (SSSR count). The molecule has 3 aromatic rings. The Labute approximate surface area is 250 Å². The number of thiazole rings is 1. The van der Waals surface area contributed by atoms with E-state index < -0.39 is 35.3 Å². The Kier molecular flexibility index (Phi) is 9.20. The van der Waals surface area contributed by atoms with Gasteiger partial charge in [-0.3, -0.25) is 14.5 Å². The van der Waals surface area contributed by atoms with Gasteiger partial charge in [0.2, 0.25) is 0 Å². The quantitative estimate of drug-likeness (QED) is 0.145. The summed E-state index contributed by atoms with van der Waals surface area (Å²) in [5.74, 6) is -1.34. The van der Waals surface area contributed by atoms with E-state index in [1.54, 1.807) is 12.3 Å². The number of nitrogens with two attached hydrogens (primary N) is 1. The summed E-state index contributed by atoms with van der Waals surface area (Å²) in [6.45, 7) is 2.10. The maximum atomic E-state index is 13.8.